The number of hydrogen-bond donors (Lipinski definition) is 0. The Morgan fingerprint density at radius 3 is 3.07 bits per heavy atom. The first-order valence-electron chi connectivity index (χ1n) is 4.87. The maximum Gasteiger partial charge on any atom is 0.190 e. The molecule has 1 unspecified atom stereocenters. The Morgan fingerprint density at radius 2 is 2.40 bits per heavy atom. The standard InChI is InChI=1S/C11H13NOS2/c1-3-7-12-14-10-6-5-9(4-2)8-11(10)15(12)13/h3,5-6,8H,1,4,7H2,2H3. The molecule has 0 saturated heterocycles. The molecule has 1 aromatic rings. The Hall–Kier alpha value is -0.420. The summed E-state index contributed by atoms with van der Waals surface area (Å²) in [4.78, 5) is 2.05. The van der Waals surface area contributed by atoms with Crippen LogP contribution in [0, 0.1) is 0 Å². The smallest absolute Gasteiger partial charge is 0.190 e. The molecule has 1 atom stereocenters. The van der Waals surface area contributed by atoms with Gasteiger partial charge in [-0.05, 0) is 24.1 Å². The van der Waals surface area contributed by atoms with Crippen LogP contribution in [0.15, 0.2) is 40.6 Å². The van der Waals surface area contributed by atoms with Gasteiger partial charge in [0.1, 0.15) is 0 Å². The predicted molar refractivity (Wildman–Crippen MR) is 65.0 cm³/mol. The van der Waals surface area contributed by atoms with Crippen molar-refractivity contribution >= 4 is 23.3 Å². The first kappa shape index (κ1) is 11.1. The van der Waals surface area contributed by atoms with Crippen LogP contribution < -0.4 is 0 Å². The molecule has 0 spiro atoms. The average molecular weight is 239 g/mol. The zero-order valence-electron chi connectivity index (χ0n) is 8.60. The highest BCUT2D eigenvalue weighted by Crippen LogP contribution is 2.41. The zero-order valence-corrected chi connectivity index (χ0v) is 10.2. The van der Waals surface area contributed by atoms with Crippen LogP contribution in [0.5, 0.6) is 0 Å². The van der Waals surface area contributed by atoms with E-state index in [-0.39, 0.29) is 0 Å². The summed E-state index contributed by atoms with van der Waals surface area (Å²) in [6, 6.07) is 6.20. The minimum absolute atomic E-state index is 0.646. The van der Waals surface area contributed by atoms with Gasteiger partial charge in [-0.2, -0.15) is 0 Å². The molecule has 1 aromatic carbocycles. The van der Waals surface area contributed by atoms with E-state index < -0.39 is 11.4 Å². The molecule has 0 N–H and O–H groups in total. The highest BCUT2D eigenvalue weighted by molar-refractivity contribution is 8.11. The first-order valence-corrected chi connectivity index (χ1v) is 6.75. The third kappa shape index (κ3) is 2.08. The molecule has 0 radical (unpaired) electrons. The number of nitrogens with zero attached hydrogens (tertiary/aromatic N) is 1. The van der Waals surface area contributed by atoms with Crippen LogP contribution in [-0.2, 0) is 17.8 Å². The number of benzene rings is 1. The fourth-order valence-corrected chi connectivity index (χ4v) is 4.16. The maximum absolute atomic E-state index is 12.0. The second kappa shape index (κ2) is 4.61. The van der Waals surface area contributed by atoms with Crippen molar-refractivity contribution in [1.29, 1.82) is 0 Å². The zero-order chi connectivity index (χ0) is 10.8. The third-order valence-corrected chi connectivity index (χ3v) is 5.17. The largest absolute Gasteiger partial charge is 0.592 e. The summed E-state index contributed by atoms with van der Waals surface area (Å²) in [7, 11) is 0. The van der Waals surface area contributed by atoms with Crippen LogP contribution >= 0.6 is 11.9 Å². The van der Waals surface area contributed by atoms with Crippen LogP contribution in [0.25, 0.3) is 0 Å². The molecule has 0 saturated carbocycles. The van der Waals surface area contributed by atoms with Crippen molar-refractivity contribution in [3.05, 3.63) is 36.4 Å². The molecule has 0 amide bonds. The van der Waals surface area contributed by atoms with Crippen LogP contribution in [0.4, 0.5) is 0 Å². The van der Waals surface area contributed by atoms with Crippen molar-refractivity contribution in [2.75, 3.05) is 6.54 Å². The lowest BCUT2D eigenvalue weighted by Crippen LogP contribution is -2.19. The molecule has 1 aliphatic rings. The van der Waals surface area contributed by atoms with Gasteiger partial charge in [0.25, 0.3) is 0 Å². The van der Waals surface area contributed by atoms with Gasteiger partial charge in [0.05, 0.1) is 22.8 Å². The summed E-state index contributed by atoms with van der Waals surface area (Å²) in [5, 5.41) is 0. The summed E-state index contributed by atoms with van der Waals surface area (Å²) in [6.07, 6.45) is 2.76. The average Bonchev–Trinajstić information content (AvgIpc) is 2.56. The van der Waals surface area contributed by atoms with E-state index in [1.54, 1.807) is 18.0 Å². The predicted octanol–water partition coefficient (Wildman–Crippen LogP) is 2.78. The lowest BCUT2D eigenvalue weighted by Gasteiger charge is -2.12. The molecule has 2 rings (SSSR count). The molecular formula is C11H13NOS2. The van der Waals surface area contributed by atoms with E-state index in [1.807, 2.05) is 9.78 Å². The first-order chi connectivity index (χ1) is 7.26. The SMILES string of the molecule is C=CCN1Sc2ccc(CC)cc2[S+]1[O-]. The number of hydrogen-bond acceptors (Lipinski definition) is 3. The van der Waals surface area contributed by atoms with E-state index >= 15 is 0 Å². The summed E-state index contributed by atoms with van der Waals surface area (Å²) < 4.78 is 13.9. The van der Waals surface area contributed by atoms with E-state index in [1.165, 1.54) is 5.56 Å². The molecule has 0 fully saturated rings. The summed E-state index contributed by atoms with van der Waals surface area (Å²) >= 11 is 0.528. The monoisotopic (exact) mass is 239 g/mol. The van der Waals surface area contributed by atoms with E-state index in [0.29, 0.717) is 6.54 Å². The van der Waals surface area contributed by atoms with Gasteiger partial charge in [-0.3, -0.25) is 0 Å². The molecule has 0 aliphatic carbocycles. The number of fused-ring (bicyclic) bond motifs is 1. The fourth-order valence-electron chi connectivity index (χ4n) is 1.45. The second-order valence-electron chi connectivity index (χ2n) is 3.28. The molecule has 1 aliphatic heterocycles. The molecule has 1 heterocycles. The van der Waals surface area contributed by atoms with Gasteiger partial charge >= 0.3 is 0 Å². The van der Waals surface area contributed by atoms with Crippen molar-refractivity contribution in [1.82, 2.24) is 3.71 Å². The third-order valence-electron chi connectivity index (χ3n) is 2.27. The normalized spacial score (nSPS) is 20.3. The highest BCUT2D eigenvalue weighted by atomic mass is 32.3. The summed E-state index contributed by atoms with van der Waals surface area (Å²) in [5.74, 6) is 0. The fraction of sp³-hybridized carbons (Fsp3) is 0.273. The number of aryl methyl sites for hydroxylation is 1. The van der Waals surface area contributed by atoms with Crippen molar-refractivity contribution in [2.24, 2.45) is 0 Å². The molecule has 0 bridgehead atoms. The maximum atomic E-state index is 12.0. The Kier molecular flexibility index (Phi) is 3.41. The van der Waals surface area contributed by atoms with Crippen molar-refractivity contribution in [3.63, 3.8) is 0 Å². The molecule has 15 heavy (non-hydrogen) atoms. The van der Waals surface area contributed by atoms with Gasteiger partial charge in [-0.1, -0.05) is 22.8 Å². The van der Waals surface area contributed by atoms with E-state index in [4.69, 9.17) is 0 Å². The van der Waals surface area contributed by atoms with Gasteiger partial charge in [0, 0.05) is 11.9 Å². The Bertz CT molecular complexity index is 381. The van der Waals surface area contributed by atoms with E-state index in [9.17, 15) is 4.55 Å². The van der Waals surface area contributed by atoms with Gasteiger partial charge < -0.3 is 4.55 Å². The summed E-state index contributed by atoms with van der Waals surface area (Å²) in [5.41, 5.74) is 1.24. The van der Waals surface area contributed by atoms with Gasteiger partial charge in [-0.25, -0.2) is 0 Å². The van der Waals surface area contributed by atoms with Crippen molar-refractivity contribution in [3.8, 4) is 0 Å². The molecule has 0 aromatic heterocycles. The van der Waals surface area contributed by atoms with Crippen LogP contribution in [0.1, 0.15) is 12.5 Å². The minimum Gasteiger partial charge on any atom is -0.592 e. The van der Waals surface area contributed by atoms with Crippen LogP contribution in [0.2, 0.25) is 0 Å². The van der Waals surface area contributed by atoms with Crippen molar-refractivity contribution < 1.29 is 4.55 Å². The Morgan fingerprint density at radius 1 is 1.60 bits per heavy atom. The minimum atomic E-state index is -1.02. The Labute approximate surface area is 97.8 Å². The Balaban J connectivity index is 2.29. The quantitative estimate of drug-likeness (QED) is 0.461. The lowest BCUT2D eigenvalue weighted by atomic mass is 10.2. The lowest BCUT2D eigenvalue weighted by molar-refractivity contribution is 0.558. The van der Waals surface area contributed by atoms with E-state index in [0.717, 1.165) is 16.2 Å². The van der Waals surface area contributed by atoms with Crippen molar-refractivity contribution in [2.45, 2.75) is 23.1 Å². The van der Waals surface area contributed by atoms with Gasteiger partial charge in [0.15, 0.2) is 4.90 Å². The highest BCUT2D eigenvalue weighted by Gasteiger charge is 2.34. The summed E-state index contributed by atoms with van der Waals surface area (Å²) in [6.45, 7) is 6.42. The molecule has 2 nitrogen and oxygen atoms in total. The second-order valence-corrected chi connectivity index (χ2v) is 5.95. The van der Waals surface area contributed by atoms with Gasteiger partial charge in [0.2, 0.25) is 0 Å². The molecular weight excluding hydrogens is 226 g/mol. The van der Waals surface area contributed by atoms with E-state index in [2.05, 4.69) is 25.6 Å². The topological polar surface area (TPSA) is 26.3 Å². The number of rotatable bonds is 3. The molecule has 80 valence electrons. The van der Waals surface area contributed by atoms with Crippen LogP contribution in [0.3, 0.4) is 0 Å². The van der Waals surface area contributed by atoms with Crippen LogP contribution in [-0.4, -0.2) is 14.8 Å². The van der Waals surface area contributed by atoms with Gasteiger partial charge in [-0.15, -0.1) is 6.58 Å². The molecule has 4 heteroatoms.